The molecule has 0 spiro atoms. The van der Waals surface area contributed by atoms with Crippen molar-refractivity contribution in [3.63, 3.8) is 0 Å². The highest BCUT2D eigenvalue weighted by Crippen LogP contribution is 2.17. The van der Waals surface area contributed by atoms with Crippen LogP contribution < -0.4 is 5.56 Å². The van der Waals surface area contributed by atoms with E-state index in [2.05, 4.69) is 9.97 Å². The first-order valence-electron chi connectivity index (χ1n) is 4.77. The van der Waals surface area contributed by atoms with Gasteiger partial charge in [0.1, 0.15) is 11.6 Å². The molecule has 92 valence electrons. The number of nitrogens with one attached hydrogen (secondary N) is 1. The Bertz CT molecular complexity index is 657. The van der Waals surface area contributed by atoms with Crippen LogP contribution in [0.5, 0.6) is 5.88 Å². The van der Waals surface area contributed by atoms with Crippen molar-refractivity contribution in [3.8, 4) is 5.88 Å². The quantitative estimate of drug-likeness (QED) is 0.621. The average Bonchev–Trinajstić information content (AvgIpc) is 2.77. The van der Waals surface area contributed by atoms with E-state index in [0.29, 0.717) is 5.76 Å². The molecule has 0 saturated carbocycles. The Morgan fingerprint density at radius 1 is 1.50 bits per heavy atom. The van der Waals surface area contributed by atoms with Crippen LogP contribution in [0, 0.1) is 10.1 Å². The smallest absolute Gasteiger partial charge is 0.395 e. The summed E-state index contributed by atoms with van der Waals surface area (Å²) >= 11 is 0. The van der Waals surface area contributed by atoms with Crippen LogP contribution in [0.2, 0.25) is 0 Å². The van der Waals surface area contributed by atoms with Gasteiger partial charge in [0.2, 0.25) is 0 Å². The summed E-state index contributed by atoms with van der Waals surface area (Å²) in [7, 11) is 0. The number of furan rings is 1. The fourth-order valence-electron chi connectivity index (χ4n) is 1.26. The lowest BCUT2D eigenvalue weighted by Gasteiger charge is -1.96. The molecule has 8 heteroatoms. The van der Waals surface area contributed by atoms with Crippen LogP contribution in [0.25, 0.3) is 12.2 Å². The standard InChI is InChI=1S/C10H7N3O5/c14-9-8(13(16)17)10(15)12-7(11-9)4-3-6-2-1-5-18-6/h1-5H,(H2,11,12,14,15). The van der Waals surface area contributed by atoms with Crippen molar-refractivity contribution in [3.05, 3.63) is 50.4 Å². The first-order chi connectivity index (χ1) is 8.58. The Kier molecular flexibility index (Phi) is 2.92. The molecule has 0 fully saturated rings. The Labute approximate surface area is 99.4 Å². The number of nitro groups is 1. The summed E-state index contributed by atoms with van der Waals surface area (Å²) in [5.74, 6) is -0.433. The second kappa shape index (κ2) is 4.53. The first kappa shape index (κ1) is 11.6. The van der Waals surface area contributed by atoms with E-state index >= 15 is 0 Å². The SMILES string of the molecule is O=c1[nH]c(C=Cc2ccco2)nc(O)c1[N+](=O)[O-]. The number of hydrogen-bond acceptors (Lipinski definition) is 6. The maximum atomic E-state index is 11.3. The largest absolute Gasteiger partial charge is 0.488 e. The van der Waals surface area contributed by atoms with Gasteiger partial charge in [0.05, 0.1) is 11.2 Å². The lowest BCUT2D eigenvalue weighted by atomic mass is 10.4. The number of nitrogens with zero attached hydrogens (tertiary/aromatic N) is 2. The monoisotopic (exact) mass is 249 g/mol. The molecular weight excluding hydrogens is 242 g/mol. The highest BCUT2D eigenvalue weighted by atomic mass is 16.6. The van der Waals surface area contributed by atoms with E-state index in [9.17, 15) is 20.0 Å². The van der Waals surface area contributed by atoms with Gasteiger partial charge in [-0.25, -0.2) is 0 Å². The molecule has 2 heterocycles. The molecule has 0 amide bonds. The van der Waals surface area contributed by atoms with Gasteiger partial charge >= 0.3 is 11.2 Å². The Hall–Kier alpha value is -2.90. The van der Waals surface area contributed by atoms with Crippen molar-refractivity contribution in [2.75, 3.05) is 0 Å². The van der Waals surface area contributed by atoms with Crippen molar-refractivity contribution in [2.24, 2.45) is 0 Å². The molecule has 2 rings (SSSR count). The van der Waals surface area contributed by atoms with Gasteiger partial charge < -0.3 is 14.5 Å². The summed E-state index contributed by atoms with van der Waals surface area (Å²) in [5.41, 5.74) is -2.00. The fourth-order valence-corrected chi connectivity index (χ4v) is 1.26. The lowest BCUT2D eigenvalue weighted by Crippen LogP contribution is -2.14. The predicted octanol–water partition coefficient (Wildman–Crippen LogP) is 1.15. The Balaban J connectivity index is 2.37. The molecule has 0 aliphatic carbocycles. The third kappa shape index (κ3) is 2.26. The Morgan fingerprint density at radius 2 is 2.28 bits per heavy atom. The lowest BCUT2D eigenvalue weighted by molar-refractivity contribution is -0.387. The molecule has 18 heavy (non-hydrogen) atoms. The van der Waals surface area contributed by atoms with E-state index in [0.717, 1.165) is 0 Å². The molecule has 0 radical (unpaired) electrons. The van der Waals surface area contributed by atoms with E-state index < -0.39 is 22.0 Å². The average molecular weight is 249 g/mol. The number of rotatable bonds is 3. The summed E-state index contributed by atoms with van der Waals surface area (Å²) in [6.45, 7) is 0. The van der Waals surface area contributed by atoms with E-state index in [1.165, 1.54) is 18.4 Å². The van der Waals surface area contributed by atoms with Gasteiger partial charge in [0, 0.05) is 0 Å². The molecule has 2 aromatic heterocycles. The maximum absolute atomic E-state index is 11.3. The molecule has 8 nitrogen and oxygen atoms in total. The zero-order chi connectivity index (χ0) is 13.1. The van der Waals surface area contributed by atoms with Crippen LogP contribution in [0.1, 0.15) is 11.6 Å². The van der Waals surface area contributed by atoms with Gasteiger partial charge in [-0.15, -0.1) is 0 Å². The summed E-state index contributed by atoms with van der Waals surface area (Å²) in [4.78, 5) is 26.4. The summed E-state index contributed by atoms with van der Waals surface area (Å²) < 4.78 is 5.00. The highest BCUT2D eigenvalue weighted by Gasteiger charge is 2.21. The normalized spacial score (nSPS) is 10.9. The van der Waals surface area contributed by atoms with E-state index in [4.69, 9.17) is 4.42 Å². The summed E-state index contributed by atoms with van der Waals surface area (Å²) in [6, 6.07) is 3.34. The molecule has 0 unspecified atom stereocenters. The van der Waals surface area contributed by atoms with Crippen molar-refractivity contribution >= 4 is 17.8 Å². The van der Waals surface area contributed by atoms with Crippen LogP contribution in [0.4, 0.5) is 5.69 Å². The maximum Gasteiger partial charge on any atom is 0.395 e. The predicted molar refractivity (Wildman–Crippen MR) is 60.8 cm³/mol. The van der Waals surface area contributed by atoms with E-state index in [1.807, 2.05) is 0 Å². The molecule has 0 atom stereocenters. The van der Waals surface area contributed by atoms with Crippen LogP contribution >= 0.6 is 0 Å². The van der Waals surface area contributed by atoms with Crippen molar-refractivity contribution in [1.29, 1.82) is 0 Å². The Morgan fingerprint density at radius 3 is 2.83 bits per heavy atom. The third-order valence-electron chi connectivity index (χ3n) is 2.03. The van der Waals surface area contributed by atoms with Gasteiger partial charge in [-0.2, -0.15) is 4.98 Å². The molecular formula is C10H7N3O5. The number of H-pyrrole nitrogens is 1. The molecule has 0 aliphatic heterocycles. The summed E-state index contributed by atoms with van der Waals surface area (Å²) in [6.07, 6.45) is 4.30. The van der Waals surface area contributed by atoms with Gasteiger partial charge in [0.15, 0.2) is 0 Å². The number of aromatic hydroxyl groups is 1. The van der Waals surface area contributed by atoms with Crippen LogP contribution in [-0.2, 0) is 0 Å². The molecule has 0 aromatic carbocycles. The van der Waals surface area contributed by atoms with Gasteiger partial charge in [-0.1, -0.05) is 0 Å². The minimum atomic E-state index is -1.02. The summed E-state index contributed by atoms with van der Waals surface area (Å²) in [5, 5.41) is 19.7. The molecule has 2 N–H and O–H groups in total. The topological polar surface area (TPSA) is 122 Å². The van der Waals surface area contributed by atoms with Crippen molar-refractivity contribution in [2.45, 2.75) is 0 Å². The van der Waals surface area contributed by atoms with Crippen molar-refractivity contribution < 1.29 is 14.4 Å². The molecule has 0 aliphatic rings. The first-order valence-corrected chi connectivity index (χ1v) is 4.77. The van der Waals surface area contributed by atoms with Gasteiger partial charge in [0.25, 0.3) is 5.88 Å². The minimum absolute atomic E-state index is 0.0144. The van der Waals surface area contributed by atoms with E-state index in [1.54, 1.807) is 12.1 Å². The minimum Gasteiger partial charge on any atom is -0.488 e. The van der Waals surface area contributed by atoms with Crippen molar-refractivity contribution in [1.82, 2.24) is 9.97 Å². The number of aromatic nitrogens is 2. The zero-order valence-electron chi connectivity index (χ0n) is 8.86. The van der Waals surface area contributed by atoms with E-state index in [-0.39, 0.29) is 5.82 Å². The van der Waals surface area contributed by atoms with Gasteiger partial charge in [-0.05, 0) is 24.3 Å². The molecule has 2 aromatic rings. The highest BCUT2D eigenvalue weighted by molar-refractivity contribution is 5.64. The molecule has 0 bridgehead atoms. The second-order valence-electron chi connectivity index (χ2n) is 3.23. The van der Waals surface area contributed by atoms with Crippen LogP contribution in [0.15, 0.2) is 27.6 Å². The fraction of sp³-hybridized carbons (Fsp3) is 0. The zero-order valence-corrected chi connectivity index (χ0v) is 8.86. The van der Waals surface area contributed by atoms with Gasteiger partial charge in [-0.3, -0.25) is 14.9 Å². The number of hydrogen-bond donors (Lipinski definition) is 2. The van der Waals surface area contributed by atoms with Crippen LogP contribution in [-0.4, -0.2) is 20.0 Å². The second-order valence-corrected chi connectivity index (χ2v) is 3.23. The third-order valence-corrected chi connectivity index (χ3v) is 2.03. The molecule has 0 saturated heterocycles. The van der Waals surface area contributed by atoms with Crippen LogP contribution in [0.3, 0.4) is 0 Å². The number of aromatic amines is 1.